The molecule has 2 atom stereocenters. The molecule has 0 radical (unpaired) electrons. The Morgan fingerprint density at radius 3 is 2.36 bits per heavy atom. The Balaban J connectivity index is 1.60. The van der Waals surface area contributed by atoms with Crippen LogP contribution in [0, 0.1) is 11.3 Å². The van der Waals surface area contributed by atoms with Gasteiger partial charge in [0.1, 0.15) is 24.9 Å². The lowest BCUT2D eigenvalue weighted by Gasteiger charge is -2.20. The molecule has 0 aliphatic heterocycles. The number of imidazole rings is 1. The van der Waals surface area contributed by atoms with Crippen molar-refractivity contribution in [3.05, 3.63) is 29.0 Å². The number of ether oxygens (including phenoxy) is 3. The molecule has 1 N–H and O–H groups in total. The van der Waals surface area contributed by atoms with Crippen LogP contribution in [0.15, 0.2) is 12.1 Å². The first-order valence-electron chi connectivity index (χ1n) is 15.5. The van der Waals surface area contributed by atoms with Gasteiger partial charge in [0, 0.05) is 59.3 Å². The maximum absolute atomic E-state index is 14.4. The van der Waals surface area contributed by atoms with Crippen molar-refractivity contribution in [3.63, 3.8) is 0 Å². The Labute approximate surface area is 260 Å². The van der Waals surface area contributed by atoms with E-state index in [9.17, 15) is 13.6 Å². The highest BCUT2D eigenvalue weighted by atomic mass is 28.3. The topological polar surface area (TPSA) is 92.4 Å². The Hall–Kier alpha value is -2.62. The van der Waals surface area contributed by atoms with Crippen LogP contribution >= 0.6 is 0 Å². The predicted molar refractivity (Wildman–Crippen MR) is 173 cm³/mol. The van der Waals surface area contributed by atoms with Crippen molar-refractivity contribution in [2.24, 2.45) is 11.3 Å². The molecule has 2 aromatic heterocycles. The molecule has 0 saturated heterocycles. The highest BCUT2D eigenvalue weighted by molar-refractivity contribution is 6.76. The van der Waals surface area contributed by atoms with Gasteiger partial charge in [0.15, 0.2) is 5.82 Å². The summed E-state index contributed by atoms with van der Waals surface area (Å²) in [5, 5.41) is 7.43. The van der Waals surface area contributed by atoms with Crippen LogP contribution < -0.4 is 10.1 Å². The lowest BCUT2D eigenvalue weighted by molar-refractivity contribution is 0.0756. The third-order valence-corrected chi connectivity index (χ3v) is 12.3. The van der Waals surface area contributed by atoms with Gasteiger partial charge in [-0.1, -0.05) is 46.2 Å². The molecular weight excluding hydrogens is 601 g/mol. The molecule has 242 valence electrons. The van der Waals surface area contributed by atoms with Gasteiger partial charge in [-0.25, -0.2) is 23.2 Å². The molecular formula is C31H47F2N5O4Si2. The zero-order chi connectivity index (χ0) is 32.0. The molecule has 5 rings (SSSR count). The normalized spacial score (nSPS) is 19.8. The molecule has 2 heterocycles. The minimum Gasteiger partial charge on any atom is -0.410 e. The van der Waals surface area contributed by atoms with Crippen molar-refractivity contribution in [2.75, 3.05) is 20.3 Å². The van der Waals surface area contributed by atoms with Gasteiger partial charge in [0.2, 0.25) is 0 Å². The van der Waals surface area contributed by atoms with Crippen molar-refractivity contribution in [1.29, 1.82) is 0 Å². The van der Waals surface area contributed by atoms with Gasteiger partial charge in [-0.3, -0.25) is 4.57 Å². The molecule has 3 aromatic rings. The summed E-state index contributed by atoms with van der Waals surface area (Å²) in [6, 6.07) is 4.78. The van der Waals surface area contributed by atoms with Crippen LogP contribution in [-0.4, -0.2) is 61.8 Å². The number of benzene rings is 1. The van der Waals surface area contributed by atoms with Crippen LogP contribution in [0.25, 0.3) is 22.6 Å². The number of nitrogens with zero attached hydrogens (tertiary/aromatic N) is 4. The summed E-state index contributed by atoms with van der Waals surface area (Å²) >= 11 is 0. The quantitative estimate of drug-likeness (QED) is 0.155. The SMILES string of the molecule is CNC(=O)Oc1cc(C(F)F)c2nc(-c3nn(COCC[Si](C)(C)C)c4c3C[C@@H]3C[C@]3(C)C4)n(COCC[Si](C)(C)C)c2c1. The lowest BCUT2D eigenvalue weighted by Crippen LogP contribution is -2.23. The minimum atomic E-state index is -2.83. The summed E-state index contributed by atoms with van der Waals surface area (Å²) < 4.78 is 50.3. The fourth-order valence-corrected chi connectivity index (χ4v) is 7.39. The molecule has 0 spiro atoms. The second-order valence-corrected chi connectivity index (χ2v) is 26.3. The van der Waals surface area contributed by atoms with Gasteiger partial charge in [-0.15, -0.1) is 0 Å². The van der Waals surface area contributed by atoms with E-state index in [1.54, 1.807) is 6.07 Å². The Bertz CT molecular complexity index is 1530. The maximum Gasteiger partial charge on any atom is 0.412 e. The second kappa shape index (κ2) is 12.3. The average Bonchev–Trinajstić information content (AvgIpc) is 3.28. The number of alkyl halides is 2. The molecule has 13 heteroatoms. The fraction of sp³-hybridized carbons (Fsp3) is 0.645. The number of nitrogens with one attached hydrogen (secondary N) is 1. The Kier molecular flexibility index (Phi) is 9.15. The molecule has 1 saturated carbocycles. The van der Waals surface area contributed by atoms with Crippen molar-refractivity contribution in [2.45, 2.75) is 97.4 Å². The van der Waals surface area contributed by atoms with Crippen molar-refractivity contribution in [1.82, 2.24) is 24.6 Å². The van der Waals surface area contributed by atoms with Crippen LogP contribution in [0.4, 0.5) is 13.6 Å². The number of hydrogen-bond donors (Lipinski definition) is 1. The second-order valence-electron chi connectivity index (χ2n) is 15.1. The number of carbonyl (C=O) groups excluding carboxylic acids is 1. The van der Waals surface area contributed by atoms with Gasteiger partial charge in [0.05, 0.1) is 11.0 Å². The summed E-state index contributed by atoms with van der Waals surface area (Å²) in [6.07, 6.45) is -0.646. The van der Waals surface area contributed by atoms with Gasteiger partial charge >= 0.3 is 6.09 Å². The number of aromatic nitrogens is 4. The Morgan fingerprint density at radius 1 is 1.09 bits per heavy atom. The van der Waals surface area contributed by atoms with Crippen LogP contribution in [-0.2, 0) is 35.8 Å². The predicted octanol–water partition coefficient (Wildman–Crippen LogP) is 7.31. The molecule has 1 aromatic carbocycles. The highest BCUT2D eigenvalue weighted by Gasteiger charge is 2.54. The van der Waals surface area contributed by atoms with Gasteiger partial charge in [-0.2, -0.15) is 5.10 Å². The van der Waals surface area contributed by atoms with E-state index >= 15 is 0 Å². The van der Waals surface area contributed by atoms with Crippen molar-refractivity contribution in [3.8, 4) is 17.3 Å². The third kappa shape index (κ3) is 7.26. The maximum atomic E-state index is 14.4. The monoisotopic (exact) mass is 647 g/mol. The fourth-order valence-electron chi connectivity index (χ4n) is 5.88. The van der Waals surface area contributed by atoms with Crippen molar-refractivity contribution >= 4 is 33.3 Å². The van der Waals surface area contributed by atoms with E-state index in [2.05, 4.69) is 51.5 Å². The van der Waals surface area contributed by atoms with Crippen LogP contribution in [0.2, 0.25) is 51.4 Å². The first kappa shape index (κ1) is 32.8. The van der Waals surface area contributed by atoms with Crippen LogP contribution in [0.1, 0.15) is 36.6 Å². The molecule has 9 nitrogen and oxygen atoms in total. The zero-order valence-corrected chi connectivity index (χ0v) is 29.4. The average molecular weight is 648 g/mol. The molecule has 2 aliphatic rings. The van der Waals surface area contributed by atoms with E-state index < -0.39 is 28.7 Å². The lowest BCUT2D eigenvalue weighted by atomic mass is 9.87. The van der Waals surface area contributed by atoms with Crippen LogP contribution in [0.5, 0.6) is 5.75 Å². The molecule has 1 fully saturated rings. The summed E-state index contributed by atoms with van der Waals surface area (Å²) in [5.41, 5.74) is 3.44. The van der Waals surface area contributed by atoms with E-state index in [1.807, 2.05) is 9.25 Å². The number of rotatable bonds is 13. The first-order chi connectivity index (χ1) is 20.6. The van der Waals surface area contributed by atoms with Gasteiger partial charge in [-0.05, 0) is 48.7 Å². The molecule has 0 unspecified atom stereocenters. The van der Waals surface area contributed by atoms with Gasteiger partial charge < -0.3 is 19.5 Å². The first-order valence-corrected chi connectivity index (χ1v) is 23.0. The smallest absolute Gasteiger partial charge is 0.410 e. The standard InChI is InChI=1S/C31H47F2N5O4Si2/c1-31-16-20(31)13-22-25(17-31)38(19-41-10-12-44(6,7)8)36-27(22)29-35-26-23(28(32)33)14-21(42-30(39)34-2)15-24(26)37(29)18-40-9-11-43(3,4)5/h14-15,20,28H,9-13,16-19H2,1-8H3,(H,34,39)/t20-,31-/m1/s1. The van der Waals surface area contributed by atoms with E-state index in [0.29, 0.717) is 42.9 Å². The highest BCUT2D eigenvalue weighted by Crippen LogP contribution is 2.60. The number of hydrogen-bond acceptors (Lipinski definition) is 6. The largest absolute Gasteiger partial charge is 0.412 e. The van der Waals surface area contributed by atoms with Crippen LogP contribution in [0.3, 0.4) is 0 Å². The summed E-state index contributed by atoms with van der Waals surface area (Å²) in [4.78, 5) is 16.8. The van der Waals surface area contributed by atoms with E-state index in [0.717, 1.165) is 42.6 Å². The molecule has 1 amide bonds. The molecule has 44 heavy (non-hydrogen) atoms. The van der Waals surface area contributed by atoms with Gasteiger partial charge in [0.25, 0.3) is 6.43 Å². The van der Waals surface area contributed by atoms with E-state index in [4.69, 9.17) is 24.3 Å². The number of carbonyl (C=O) groups is 1. The Morgan fingerprint density at radius 2 is 1.75 bits per heavy atom. The number of fused-ring (bicyclic) bond motifs is 3. The summed E-state index contributed by atoms with van der Waals surface area (Å²) in [5.74, 6) is 1.06. The summed E-state index contributed by atoms with van der Waals surface area (Å²) in [7, 11) is -1.19. The third-order valence-electron chi connectivity index (χ3n) is 8.87. The van der Waals surface area contributed by atoms with E-state index in [1.165, 1.54) is 13.1 Å². The van der Waals surface area contributed by atoms with E-state index in [-0.39, 0.29) is 29.0 Å². The zero-order valence-electron chi connectivity index (χ0n) is 27.4. The minimum absolute atomic E-state index is 0.0130. The number of amides is 1. The molecule has 2 aliphatic carbocycles. The number of halogens is 2. The van der Waals surface area contributed by atoms with Crippen molar-refractivity contribution < 1.29 is 27.8 Å². The summed E-state index contributed by atoms with van der Waals surface area (Å²) in [6.45, 7) is 17.8. The molecule has 0 bridgehead atoms.